The van der Waals surface area contributed by atoms with E-state index in [4.69, 9.17) is 0 Å². The molecule has 0 aromatic heterocycles. The van der Waals surface area contributed by atoms with Gasteiger partial charge in [-0.3, -0.25) is 9.69 Å². The highest BCUT2D eigenvalue weighted by Gasteiger charge is 2.38. The van der Waals surface area contributed by atoms with Gasteiger partial charge in [-0.05, 0) is 51.6 Å². The summed E-state index contributed by atoms with van der Waals surface area (Å²) in [5, 5.41) is 13.1. The zero-order valence-electron chi connectivity index (χ0n) is 13.7. The molecule has 1 unspecified atom stereocenters. The van der Waals surface area contributed by atoms with Gasteiger partial charge >= 0.3 is 0 Å². The highest BCUT2D eigenvalue weighted by Crippen LogP contribution is 2.29. The predicted octanol–water partition coefficient (Wildman–Crippen LogP) is 2.32. The smallest absolute Gasteiger partial charge is 0.251 e. The molecule has 4 heteroatoms. The molecule has 0 bridgehead atoms. The molecule has 4 nitrogen and oxygen atoms in total. The van der Waals surface area contributed by atoms with Crippen LogP contribution in [0.2, 0.25) is 0 Å². The minimum atomic E-state index is -1.11. The van der Waals surface area contributed by atoms with Crippen molar-refractivity contribution in [1.82, 2.24) is 10.2 Å². The second kappa shape index (κ2) is 7.75. The van der Waals surface area contributed by atoms with Crippen LogP contribution in [-0.4, -0.2) is 41.1 Å². The van der Waals surface area contributed by atoms with Crippen LogP contribution in [-0.2, 0) is 11.3 Å². The van der Waals surface area contributed by atoms with Crippen LogP contribution in [0, 0.1) is 0 Å². The highest BCUT2D eigenvalue weighted by atomic mass is 16.3. The molecule has 1 amide bonds. The number of benzene rings is 1. The summed E-state index contributed by atoms with van der Waals surface area (Å²) in [6.45, 7) is 3.68. The third-order valence-corrected chi connectivity index (χ3v) is 4.73. The van der Waals surface area contributed by atoms with E-state index >= 15 is 0 Å². The molecule has 22 heavy (non-hydrogen) atoms. The lowest BCUT2D eigenvalue weighted by molar-refractivity contribution is -0.139. The van der Waals surface area contributed by atoms with Gasteiger partial charge in [0.15, 0.2) is 0 Å². The van der Waals surface area contributed by atoms with Gasteiger partial charge in [0.25, 0.3) is 5.91 Å². The second-order valence-electron chi connectivity index (χ2n) is 6.53. The highest BCUT2D eigenvalue weighted by molar-refractivity contribution is 5.85. The van der Waals surface area contributed by atoms with Gasteiger partial charge in [0.1, 0.15) is 5.60 Å². The summed E-state index contributed by atoms with van der Waals surface area (Å²) in [5.41, 5.74) is 0.181. The van der Waals surface area contributed by atoms with E-state index in [1.165, 1.54) is 5.56 Å². The quantitative estimate of drug-likeness (QED) is 0.813. The van der Waals surface area contributed by atoms with Crippen molar-refractivity contribution in [2.24, 2.45) is 0 Å². The maximum Gasteiger partial charge on any atom is 0.251 e. The molecule has 0 radical (unpaired) electrons. The van der Waals surface area contributed by atoms with Crippen molar-refractivity contribution < 1.29 is 9.90 Å². The molecule has 0 saturated heterocycles. The summed E-state index contributed by atoms with van der Waals surface area (Å²) in [6, 6.07) is 10.8. The Balaban J connectivity index is 1.71. The molecule has 1 atom stereocenters. The molecule has 1 aliphatic carbocycles. The standard InChI is InChI=1S/C18H28N2O2/c1-15(20(2)14-16-8-4-3-5-9-16)10-13-19-17(21)18(22)11-6-7-12-18/h3-5,8-9,15,22H,6-7,10-14H2,1-2H3,(H,19,21). The van der Waals surface area contributed by atoms with Gasteiger partial charge in [0.05, 0.1) is 0 Å². The molecule has 1 aliphatic rings. The molecule has 2 rings (SSSR count). The van der Waals surface area contributed by atoms with Gasteiger partial charge in [-0.1, -0.05) is 30.3 Å². The zero-order valence-corrected chi connectivity index (χ0v) is 13.7. The number of amides is 1. The zero-order chi connectivity index (χ0) is 16.0. The lowest BCUT2D eigenvalue weighted by atomic mass is 10.0. The van der Waals surface area contributed by atoms with Crippen LogP contribution in [0.4, 0.5) is 0 Å². The van der Waals surface area contributed by atoms with E-state index in [0.29, 0.717) is 25.4 Å². The van der Waals surface area contributed by atoms with E-state index in [1.807, 2.05) is 6.07 Å². The van der Waals surface area contributed by atoms with Gasteiger partial charge in [-0.2, -0.15) is 0 Å². The minimum absolute atomic E-state index is 0.192. The number of aliphatic hydroxyl groups is 1. The van der Waals surface area contributed by atoms with Crippen LogP contribution in [0.3, 0.4) is 0 Å². The molecule has 122 valence electrons. The molecule has 1 aromatic carbocycles. The molecular weight excluding hydrogens is 276 g/mol. The molecule has 2 N–H and O–H groups in total. The van der Waals surface area contributed by atoms with Crippen LogP contribution in [0.15, 0.2) is 30.3 Å². The number of hydrogen-bond donors (Lipinski definition) is 2. The van der Waals surface area contributed by atoms with Gasteiger partial charge in [0, 0.05) is 19.1 Å². The van der Waals surface area contributed by atoms with E-state index < -0.39 is 5.60 Å². The fourth-order valence-electron chi connectivity index (χ4n) is 2.99. The van der Waals surface area contributed by atoms with Gasteiger partial charge in [0.2, 0.25) is 0 Å². The molecule has 0 spiro atoms. The van der Waals surface area contributed by atoms with Crippen LogP contribution in [0.1, 0.15) is 44.6 Å². The van der Waals surface area contributed by atoms with Crippen molar-refractivity contribution in [2.45, 2.75) is 57.2 Å². The molecular formula is C18H28N2O2. The Morgan fingerprint density at radius 1 is 1.32 bits per heavy atom. The normalized spacial score (nSPS) is 18.4. The summed E-state index contributed by atoms with van der Waals surface area (Å²) < 4.78 is 0. The van der Waals surface area contributed by atoms with Crippen LogP contribution >= 0.6 is 0 Å². The lowest BCUT2D eigenvalue weighted by Crippen LogP contribution is -2.45. The average Bonchev–Trinajstić information content (AvgIpc) is 2.96. The Morgan fingerprint density at radius 3 is 2.59 bits per heavy atom. The Morgan fingerprint density at radius 2 is 1.95 bits per heavy atom. The maximum absolute atomic E-state index is 12.0. The maximum atomic E-state index is 12.0. The molecule has 0 heterocycles. The van der Waals surface area contributed by atoms with Crippen molar-refractivity contribution in [2.75, 3.05) is 13.6 Å². The molecule has 0 aliphatic heterocycles. The third kappa shape index (κ3) is 4.55. The van der Waals surface area contributed by atoms with E-state index in [1.54, 1.807) is 0 Å². The van der Waals surface area contributed by atoms with Crippen molar-refractivity contribution in [3.63, 3.8) is 0 Å². The topological polar surface area (TPSA) is 52.6 Å². The van der Waals surface area contributed by atoms with Gasteiger partial charge < -0.3 is 10.4 Å². The van der Waals surface area contributed by atoms with Crippen LogP contribution in [0.5, 0.6) is 0 Å². The third-order valence-electron chi connectivity index (χ3n) is 4.73. The first-order valence-electron chi connectivity index (χ1n) is 8.26. The fourth-order valence-corrected chi connectivity index (χ4v) is 2.99. The van der Waals surface area contributed by atoms with Gasteiger partial charge in [-0.25, -0.2) is 0 Å². The minimum Gasteiger partial charge on any atom is -0.380 e. The molecule has 1 aromatic rings. The SMILES string of the molecule is CC(CCNC(=O)C1(O)CCCC1)N(C)Cc1ccccc1. The van der Waals surface area contributed by atoms with Crippen molar-refractivity contribution >= 4 is 5.91 Å². The Labute approximate surface area is 133 Å². The van der Waals surface area contributed by atoms with Gasteiger partial charge in [-0.15, -0.1) is 0 Å². The summed E-state index contributed by atoms with van der Waals surface area (Å²) in [5.74, 6) is -0.192. The number of nitrogens with zero attached hydrogens (tertiary/aromatic N) is 1. The molecule has 1 fully saturated rings. The van der Waals surface area contributed by atoms with Crippen molar-refractivity contribution in [1.29, 1.82) is 0 Å². The van der Waals surface area contributed by atoms with E-state index in [9.17, 15) is 9.90 Å². The summed E-state index contributed by atoms with van der Waals surface area (Å²) >= 11 is 0. The van der Waals surface area contributed by atoms with Crippen LogP contribution < -0.4 is 5.32 Å². The first-order chi connectivity index (χ1) is 10.5. The number of carbonyl (C=O) groups is 1. The predicted molar refractivity (Wildman–Crippen MR) is 88.4 cm³/mol. The largest absolute Gasteiger partial charge is 0.380 e. The van der Waals surface area contributed by atoms with E-state index in [0.717, 1.165) is 25.8 Å². The monoisotopic (exact) mass is 304 g/mol. The number of nitrogens with one attached hydrogen (secondary N) is 1. The number of carbonyl (C=O) groups excluding carboxylic acids is 1. The van der Waals surface area contributed by atoms with E-state index in [2.05, 4.69) is 48.5 Å². The Bertz CT molecular complexity index is 469. The fraction of sp³-hybridized carbons (Fsp3) is 0.611. The first kappa shape index (κ1) is 17.0. The number of hydrogen-bond acceptors (Lipinski definition) is 3. The second-order valence-corrected chi connectivity index (χ2v) is 6.53. The van der Waals surface area contributed by atoms with E-state index in [-0.39, 0.29) is 5.91 Å². The summed E-state index contributed by atoms with van der Waals surface area (Å²) in [4.78, 5) is 14.3. The van der Waals surface area contributed by atoms with Crippen molar-refractivity contribution in [3.05, 3.63) is 35.9 Å². The first-order valence-corrected chi connectivity index (χ1v) is 8.26. The Hall–Kier alpha value is -1.39. The van der Waals surface area contributed by atoms with Crippen LogP contribution in [0.25, 0.3) is 0 Å². The summed E-state index contributed by atoms with van der Waals surface area (Å²) in [6.07, 6.45) is 3.97. The molecule has 1 saturated carbocycles. The summed E-state index contributed by atoms with van der Waals surface area (Å²) in [7, 11) is 2.10. The lowest BCUT2D eigenvalue weighted by Gasteiger charge is -2.26. The van der Waals surface area contributed by atoms with Crippen molar-refractivity contribution in [3.8, 4) is 0 Å². The average molecular weight is 304 g/mol. The number of rotatable bonds is 7. The Kier molecular flexibility index (Phi) is 5.98.